The van der Waals surface area contributed by atoms with Crippen molar-refractivity contribution in [2.75, 3.05) is 12.4 Å². The molecule has 0 bridgehead atoms. The van der Waals surface area contributed by atoms with Gasteiger partial charge in [-0.05, 0) is 64.7 Å². The molecule has 0 saturated carbocycles. The van der Waals surface area contributed by atoms with E-state index in [0.717, 1.165) is 11.1 Å². The van der Waals surface area contributed by atoms with Crippen LogP contribution in [0.15, 0.2) is 91.0 Å². The summed E-state index contributed by atoms with van der Waals surface area (Å²) < 4.78 is 24.3. The number of carbonyl (C=O) groups is 2. The predicted molar refractivity (Wildman–Crippen MR) is 135 cm³/mol. The summed E-state index contributed by atoms with van der Waals surface area (Å²) in [6.45, 7) is 0. The number of phenolic OH excluding ortho intramolecular Hbond substituents is 1. The molecule has 0 aliphatic carbocycles. The highest BCUT2D eigenvalue weighted by Gasteiger charge is 2.12. The fourth-order valence-electron chi connectivity index (χ4n) is 3.70. The largest absolute Gasteiger partial charge is 0.504 e. The number of rotatable bonds is 8. The van der Waals surface area contributed by atoms with Crippen LogP contribution in [-0.2, 0) is 22.4 Å². The first-order valence-corrected chi connectivity index (χ1v) is 11.2. The highest BCUT2D eigenvalue weighted by Crippen LogP contribution is 2.28. The number of phenols is 1. The standard InChI is InChI=1S/C29H24FNO5/c1-35-27-14-19(12-13-26(27)32)15-28(33)31-23-9-4-7-20(16-23)21-8-5-10-24(17-21)36-29(34)18-22-6-2-3-11-25(22)30/h2-14,16-17,32H,15,18H2,1H3,(H,31,33). The Labute approximate surface area is 207 Å². The molecule has 1 amide bonds. The van der Waals surface area contributed by atoms with Crippen LogP contribution in [0.2, 0.25) is 0 Å². The first-order valence-electron chi connectivity index (χ1n) is 11.2. The van der Waals surface area contributed by atoms with E-state index in [1.807, 2.05) is 24.3 Å². The molecule has 0 aliphatic heterocycles. The topological polar surface area (TPSA) is 84.9 Å². The van der Waals surface area contributed by atoms with Crippen LogP contribution >= 0.6 is 0 Å². The van der Waals surface area contributed by atoms with Crippen molar-refractivity contribution in [1.82, 2.24) is 0 Å². The second-order valence-electron chi connectivity index (χ2n) is 8.08. The Morgan fingerprint density at radius 1 is 0.861 bits per heavy atom. The van der Waals surface area contributed by atoms with Gasteiger partial charge in [0.2, 0.25) is 5.91 Å². The summed E-state index contributed by atoms with van der Waals surface area (Å²) in [5.74, 6) is -0.595. The Kier molecular flexibility index (Phi) is 7.60. The summed E-state index contributed by atoms with van der Waals surface area (Å²) >= 11 is 0. The van der Waals surface area contributed by atoms with Crippen molar-refractivity contribution in [3.63, 3.8) is 0 Å². The first kappa shape index (κ1) is 24.5. The van der Waals surface area contributed by atoms with Crippen LogP contribution in [0, 0.1) is 5.82 Å². The molecular formula is C29H24FNO5. The number of nitrogens with one attached hydrogen (secondary N) is 1. The molecule has 0 unspecified atom stereocenters. The maximum Gasteiger partial charge on any atom is 0.315 e. The lowest BCUT2D eigenvalue weighted by Gasteiger charge is -2.10. The van der Waals surface area contributed by atoms with E-state index in [9.17, 15) is 19.1 Å². The number of hydrogen-bond donors (Lipinski definition) is 2. The maximum absolute atomic E-state index is 13.8. The number of ether oxygens (including phenoxy) is 2. The van der Waals surface area contributed by atoms with Crippen LogP contribution in [0.4, 0.5) is 10.1 Å². The number of carbonyl (C=O) groups excluding carboxylic acids is 2. The van der Waals surface area contributed by atoms with E-state index in [0.29, 0.717) is 22.7 Å². The number of anilines is 1. The Morgan fingerprint density at radius 2 is 1.61 bits per heavy atom. The number of methoxy groups -OCH3 is 1. The van der Waals surface area contributed by atoms with E-state index in [1.54, 1.807) is 54.6 Å². The van der Waals surface area contributed by atoms with Gasteiger partial charge >= 0.3 is 5.97 Å². The molecule has 7 heteroatoms. The van der Waals surface area contributed by atoms with Crippen molar-refractivity contribution in [3.8, 4) is 28.4 Å². The number of aromatic hydroxyl groups is 1. The summed E-state index contributed by atoms with van der Waals surface area (Å²) in [4.78, 5) is 24.9. The summed E-state index contributed by atoms with van der Waals surface area (Å²) in [6, 6.07) is 25.1. The lowest BCUT2D eigenvalue weighted by Crippen LogP contribution is -2.14. The van der Waals surface area contributed by atoms with Gasteiger partial charge in [-0.3, -0.25) is 9.59 Å². The minimum atomic E-state index is -0.566. The molecule has 0 atom stereocenters. The first-order chi connectivity index (χ1) is 17.4. The summed E-state index contributed by atoms with van der Waals surface area (Å²) in [5.41, 5.74) is 3.16. The second-order valence-corrected chi connectivity index (χ2v) is 8.08. The third-order valence-electron chi connectivity index (χ3n) is 5.45. The van der Waals surface area contributed by atoms with E-state index in [-0.39, 0.29) is 30.1 Å². The van der Waals surface area contributed by atoms with E-state index < -0.39 is 11.8 Å². The predicted octanol–water partition coefficient (Wildman–Crippen LogP) is 5.54. The Morgan fingerprint density at radius 3 is 2.39 bits per heavy atom. The Bertz CT molecular complexity index is 1400. The molecule has 6 nitrogen and oxygen atoms in total. The summed E-state index contributed by atoms with van der Waals surface area (Å²) in [7, 11) is 1.45. The molecule has 0 radical (unpaired) electrons. The van der Waals surface area contributed by atoms with Gasteiger partial charge in [-0.2, -0.15) is 0 Å². The fraction of sp³-hybridized carbons (Fsp3) is 0.103. The Balaban J connectivity index is 1.42. The highest BCUT2D eigenvalue weighted by molar-refractivity contribution is 5.93. The van der Waals surface area contributed by atoms with E-state index in [2.05, 4.69) is 5.32 Å². The van der Waals surface area contributed by atoms with Crippen LogP contribution in [0.3, 0.4) is 0 Å². The normalized spacial score (nSPS) is 10.5. The van der Waals surface area contributed by atoms with E-state index >= 15 is 0 Å². The van der Waals surface area contributed by atoms with Gasteiger partial charge in [0, 0.05) is 5.69 Å². The van der Waals surface area contributed by atoms with Crippen LogP contribution in [0.25, 0.3) is 11.1 Å². The van der Waals surface area contributed by atoms with E-state index in [1.165, 1.54) is 19.2 Å². The number of benzene rings is 4. The Hall–Kier alpha value is -4.65. The molecule has 0 spiro atoms. The van der Waals surface area contributed by atoms with Gasteiger partial charge in [0.15, 0.2) is 11.5 Å². The zero-order valence-electron chi connectivity index (χ0n) is 19.5. The third-order valence-corrected chi connectivity index (χ3v) is 5.45. The van der Waals surface area contributed by atoms with Crippen molar-refractivity contribution >= 4 is 17.6 Å². The van der Waals surface area contributed by atoms with Gasteiger partial charge in [0.25, 0.3) is 0 Å². The minimum absolute atomic E-state index is 0.00880. The van der Waals surface area contributed by atoms with Gasteiger partial charge in [-0.1, -0.05) is 48.5 Å². The zero-order valence-corrected chi connectivity index (χ0v) is 19.5. The van der Waals surface area contributed by atoms with Crippen LogP contribution in [0.5, 0.6) is 17.2 Å². The minimum Gasteiger partial charge on any atom is -0.504 e. The number of esters is 1. The summed E-state index contributed by atoms with van der Waals surface area (Å²) in [5, 5.41) is 12.6. The van der Waals surface area contributed by atoms with Crippen molar-refractivity contribution in [3.05, 3.63) is 108 Å². The average molecular weight is 486 g/mol. The van der Waals surface area contributed by atoms with Gasteiger partial charge < -0.3 is 19.9 Å². The van der Waals surface area contributed by atoms with Gasteiger partial charge in [0.1, 0.15) is 11.6 Å². The highest BCUT2D eigenvalue weighted by atomic mass is 19.1. The summed E-state index contributed by atoms with van der Waals surface area (Å²) in [6.07, 6.45) is -0.0698. The van der Waals surface area contributed by atoms with E-state index in [4.69, 9.17) is 9.47 Å². The molecule has 4 aromatic rings. The quantitative estimate of drug-likeness (QED) is 0.253. The lowest BCUT2D eigenvalue weighted by molar-refractivity contribution is -0.133. The van der Waals surface area contributed by atoms with Gasteiger partial charge in [-0.25, -0.2) is 4.39 Å². The number of amides is 1. The molecule has 0 fully saturated rings. The van der Waals surface area contributed by atoms with Crippen molar-refractivity contribution < 1.29 is 28.6 Å². The van der Waals surface area contributed by atoms with Crippen molar-refractivity contribution in [2.45, 2.75) is 12.8 Å². The molecule has 182 valence electrons. The van der Waals surface area contributed by atoms with Crippen LogP contribution in [-0.4, -0.2) is 24.1 Å². The van der Waals surface area contributed by atoms with Gasteiger partial charge in [0.05, 0.1) is 20.0 Å². The average Bonchev–Trinajstić information content (AvgIpc) is 2.87. The van der Waals surface area contributed by atoms with Gasteiger partial charge in [-0.15, -0.1) is 0 Å². The fourth-order valence-corrected chi connectivity index (χ4v) is 3.70. The lowest BCUT2D eigenvalue weighted by atomic mass is 10.0. The smallest absolute Gasteiger partial charge is 0.315 e. The SMILES string of the molecule is COc1cc(CC(=O)Nc2cccc(-c3cccc(OC(=O)Cc4ccccc4F)c3)c2)ccc1O. The monoisotopic (exact) mass is 485 g/mol. The zero-order chi connectivity index (χ0) is 25.5. The third kappa shape index (κ3) is 6.27. The number of hydrogen-bond acceptors (Lipinski definition) is 5. The molecule has 0 aromatic heterocycles. The van der Waals surface area contributed by atoms with Crippen molar-refractivity contribution in [1.29, 1.82) is 0 Å². The molecule has 0 saturated heterocycles. The molecule has 0 aliphatic rings. The molecule has 2 N–H and O–H groups in total. The van der Waals surface area contributed by atoms with Crippen LogP contribution in [0.1, 0.15) is 11.1 Å². The maximum atomic E-state index is 13.8. The van der Waals surface area contributed by atoms with Crippen molar-refractivity contribution in [2.24, 2.45) is 0 Å². The molecule has 4 aromatic carbocycles. The van der Waals surface area contributed by atoms with Crippen LogP contribution < -0.4 is 14.8 Å². The molecule has 4 rings (SSSR count). The molecular weight excluding hydrogens is 461 g/mol. The second kappa shape index (κ2) is 11.2. The number of halogens is 1. The molecule has 0 heterocycles. The molecule has 36 heavy (non-hydrogen) atoms.